The summed E-state index contributed by atoms with van der Waals surface area (Å²) < 4.78 is 34.2. The summed E-state index contributed by atoms with van der Waals surface area (Å²) in [5.74, 6) is -2.95. The number of carbonyl (C=O) groups excluding carboxylic acids is 4. The Labute approximate surface area is 354 Å². The van der Waals surface area contributed by atoms with Crippen LogP contribution in [0.1, 0.15) is 156 Å². The van der Waals surface area contributed by atoms with Crippen LogP contribution in [0, 0.1) is 5.92 Å². The van der Waals surface area contributed by atoms with Crippen LogP contribution in [0.4, 0.5) is 4.79 Å². The van der Waals surface area contributed by atoms with Crippen LogP contribution in [0.5, 0.6) is 0 Å². The lowest BCUT2D eigenvalue weighted by Gasteiger charge is -2.20. The molecule has 0 aromatic heterocycles. The lowest BCUT2D eigenvalue weighted by Crippen LogP contribution is -2.35. The molecule has 59 heavy (non-hydrogen) atoms. The van der Waals surface area contributed by atoms with Crippen LogP contribution < -0.4 is 5.32 Å². The molecule has 14 heteroatoms. The van der Waals surface area contributed by atoms with E-state index in [9.17, 15) is 24.0 Å². The Morgan fingerprint density at radius 1 is 0.644 bits per heavy atom. The maximum absolute atomic E-state index is 12.9. The van der Waals surface area contributed by atoms with Gasteiger partial charge in [-0.2, -0.15) is 0 Å². The van der Waals surface area contributed by atoms with Gasteiger partial charge in [0.15, 0.2) is 6.29 Å². The minimum absolute atomic E-state index is 0.0145. The van der Waals surface area contributed by atoms with Gasteiger partial charge in [-0.25, -0.2) is 4.79 Å². The number of ether oxygens (including phenoxy) is 6. The number of allylic oxidation sites excluding steroid dienone is 4. The first-order chi connectivity index (χ1) is 28.7. The number of unbranched alkanes of at least 4 members (excludes halogenated alkanes) is 6. The number of carbonyl (C=O) groups is 5. The molecule has 2 unspecified atom stereocenters. The van der Waals surface area contributed by atoms with Gasteiger partial charge in [-0.05, 0) is 103 Å². The van der Waals surface area contributed by atoms with Gasteiger partial charge < -0.3 is 43.7 Å². The van der Waals surface area contributed by atoms with Crippen molar-refractivity contribution in [3.05, 3.63) is 24.3 Å². The quantitative estimate of drug-likeness (QED) is 0.0199. The van der Waals surface area contributed by atoms with Gasteiger partial charge in [-0.3, -0.25) is 19.2 Å². The number of carboxylic acids is 1. The van der Waals surface area contributed by atoms with Gasteiger partial charge in [-0.15, -0.1) is 0 Å². The number of nitrogens with zero attached hydrogens (tertiary/aromatic N) is 1. The molecule has 0 aromatic carbocycles. The Bertz CT molecular complexity index is 1150. The van der Waals surface area contributed by atoms with Crippen LogP contribution in [0.2, 0.25) is 0 Å². The lowest BCUT2D eigenvalue weighted by molar-refractivity contribution is -0.162. The molecular formula is C45H78N2O12. The highest BCUT2D eigenvalue weighted by Gasteiger charge is 2.21. The standard InChI is InChI=1S/C45H78N2O12/c1-4-7-9-11-13-20-33-54-44(55-34-21-14-12-10-8-5-2)28-27-43(52)58-37-38(35-56-41(50)24-17-15-16-23-40(48)49)36-57-42(51)26-25-39(22-6-3)59-45(53)46-29-32-47-30-18-19-31-47/h7-10,38-39,44H,4-6,11-37H2,1-3H3,(H,46,53)(H,48,49)/b9-7-,10-8-. The predicted octanol–water partition coefficient (Wildman–Crippen LogP) is 8.45. The van der Waals surface area contributed by atoms with E-state index in [0.29, 0.717) is 58.3 Å². The van der Waals surface area contributed by atoms with Gasteiger partial charge >= 0.3 is 30.0 Å². The summed E-state index contributed by atoms with van der Waals surface area (Å²) in [6, 6.07) is 0. The Kier molecular flexibility index (Phi) is 34.0. The van der Waals surface area contributed by atoms with E-state index in [2.05, 4.69) is 48.4 Å². The summed E-state index contributed by atoms with van der Waals surface area (Å²) in [6.07, 6.45) is 21.0. The molecule has 0 aromatic rings. The van der Waals surface area contributed by atoms with Crippen LogP contribution in [0.25, 0.3) is 0 Å². The highest BCUT2D eigenvalue weighted by molar-refractivity contribution is 5.71. The molecule has 1 fully saturated rings. The van der Waals surface area contributed by atoms with Crippen LogP contribution in [-0.4, -0.2) is 112 Å². The van der Waals surface area contributed by atoms with Crippen LogP contribution in [0.3, 0.4) is 0 Å². The van der Waals surface area contributed by atoms with Crippen molar-refractivity contribution in [1.82, 2.24) is 10.2 Å². The van der Waals surface area contributed by atoms with E-state index >= 15 is 0 Å². The highest BCUT2D eigenvalue weighted by atomic mass is 16.7. The number of carboxylic acid groups (broad SMARTS) is 1. The lowest BCUT2D eigenvalue weighted by atomic mass is 10.1. The third-order valence-electron chi connectivity index (χ3n) is 9.69. The van der Waals surface area contributed by atoms with E-state index in [4.69, 9.17) is 33.5 Å². The van der Waals surface area contributed by atoms with Crippen LogP contribution in [0.15, 0.2) is 24.3 Å². The fraction of sp³-hybridized carbons (Fsp3) is 0.800. The van der Waals surface area contributed by atoms with Gasteiger partial charge in [-0.1, -0.05) is 57.9 Å². The summed E-state index contributed by atoms with van der Waals surface area (Å²) >= 11 is 0. The zero-order valence-corrected chi connectivity index (χ0v) is 36.6. The molecular weight excluding hydrogens is 760 g/mol. The van der Waals surface area contributed by atoms with Gasteiger partial charge in [0.2, 0.25) is 0 Å². The molecule has 1 aliphatic rings. The Morgan fingerprint density at radius 3 is 1.73 bits per heavy atom. The first-order valence-electron chi connectivity index (χ1n) is 22.5. The molecule has 1 saturated heterocycles. The Balaban J connectivity index is 2.68. The topological polar surface area (TPSA) is 176 Å². The number of nitrogens with one attached hydrogen (secondary N) is 1. The van der Waals surface area contributed by atoms with Crippen molar-refractivity contribution in [3.8, 4) is 0 Å². The normalized spacial score (nSPS) is 14.2. The molecule has 1 rings (SSSR count). The average Bonchev–Trinajstić information content (AvgIpc) is 3.74. The van der Waals surface area contributed by atoms with E-state index in [-0.39, 0.29) is 45.5 Å². The number of amides is 1. The largest absolute Gasteiger partial charge is 0.481 e. The van der Waals surface area contributed by atoms with E-state index in [1.165, 1.54) is 12.8 Å². The summed E-state index contributed by atoms with van der Waals surface area (Å²) in [5, 5.41) is 11.6. The summed E-state index contributed by atoms with van der Waals surface area (Å²) in [6.45, 7) is 10.2. The minimum atomic E-state index is -0.880. The molecule has 0 aliphatic carbocycles. The molecule has 2 atom stereocenters. The van der Waals surface area contributed by atoms with Gasteiger partial charge in [0.05, 0.1) is 12.3 Å². The van der Waals surface area contributed by atoms with E-state index in [1.807, 2.05) is 6.92 Å². The smallest absolute Gasteiger partial charge is 0.407 e. The number of alkyl carbamates (subject to hydrolysis) is 1. The van der Waals surface area contributed by atoms with Gasteiger partial charge in [0, 0.05) is 52.0 Å². The maximum atomic E-state index is 12.9. The second kappa shape index (κ2) is 37.5. The molecule has 1 amide bonds. The van der Waals surface area contributed by atoms with Crippen LogP contribution in [-0.2, 0) is 47.6 Å². The summed E-state index contributed by atoms with van der Waals surface area (Å²) in [5.41, 5.74) is 0. The number of aliphatic carboxylic acids is 1. The van der Waals surface area contributed by atoms with Gasteiger partial charge in [0.25, 0.3) is 0 Å². The SMILES string of the molecule is CC/C=C\CCCCOC(CCC(=O)OCC(COC(=O)CCCCCC(=O)O)COC(=O)CCC(CCC)OC(=O)NCCN1CCCC1)OCCCC/C=C\CC. The van der Waals surface area contributed by atoms with E-state index < -0.39 is 48.3 Å². The first-order valence-corrected chi connectivity index (χ1v) is 22.5. The second-order valence-electron chi connectivity index (χ2n) is 15.2. The number of rotatable bonds is 38. The van der Waals surface area contributed by atoms with E-state index in [1.54, 1.807) is 0 Å². The molecule has 0 saturated carbocycles. The molecule has 1 heterocycles. The van der Waals surface area contributed by atoms with Crippen molar-refractivity contribution >= 4 is 30.0 Å². The monoisotopic (exact) mass is 839 g/mol. The first kappa shape index (κ1) is 53.5. The zero-order chi connectivity index (χ0) is 43.2. The maximum Gasteiger partial charge on any atom is 0.407 e. The third-order valence-corrected chi connectivity index (χ3v) is 9.69. The van der Waals surface area contributed by atoms with Crippen molar-refractivity contribution in [2.45, 2.75) is 168 Å². The number of hydrogen-bond acceptors (Lipinski definition) is 12. The fourth-order valence-electron chi connectivity index (χ4n) is 6.27. The molecule has 340 valence electrons. The van der Waals surface area contributed by atoms with Crippen molar-refractivity contribution in [2.75, 3.05) is 59.2 Å². The van der Waals surface area contributed by atoms with Crippen molar-refractivity contribution in [2.24, 2.45) is 5.92 Å². The van der Waals surface area contributed by atoms with Crippen molar-refractivity contribution in [3.63, 3.8) is 0 Å². The number of likely N-dealkylation sites (tertiary alicyclic amines) is 1. The van der Waals surface area contributed by atoms with Gasteiger partial charge in [0.1, 0.15) is 25.9 Å². The number of hydrogen-bond donors (Lipinski definition) is 2. The predicted molar refractivity (Wildman–Crippen MR) is 227 cm³/mol. The molecule has 2 N–H and O–H groups in total. The molecule has 0 radical (unpaired) electrons. The highest BCUT2D eigenvalue weighted by Crippen LogP contribution is 2.14. The molecule has 14 nitrogen and oxygen atoms in total. The third kappa shape index (κ3) is 33.0. The fourth-order valence-corrected chi connectivity index (χ4v) is 6.27. The molecule has 0 spiro atoms. The van der Waals surface area contributed by atoms with Crippen molar-refractivity contribution in [1.29, 1.82) is 0 Å². The minimum Gasteiger partial charge on any atom is -0.481 e. The summed E-state index contributed by atoms with van der Waals surface area (Å²) in [7, 11) is 0. The average molecular weight is 839 g/mol. The summed E-state index contributed by atoms with van der Waals surface area (Å²) in [4.78, 5) is 63.7. The second-order valence-corrected chi connectivity index (χ2v) is 15.2. The van der Waals surface area contributed by atoms with Crippen LogP contribution >= 0.6 is 0 Å². The number of esters is 3. The molecule has 0 bridgehead atoms. The Hall–Kier alpha value is -3.49. The van der Waals surface area contributed by atoms with Crippen molar-refractivity contribution < 1.29 is 57.5 Å². The molecule has 1 aliphatic heterocycles. The van der Waals surface area contributed by atoms with E-state index in [0.717, 1.165) is 77.4 Å². The zero-order valence-electron chi connectivity index (χ0n) is 36.6. The Morgan fingerprint density at radius 2 is 1.19 bits per heavy atom.